The Morgan fingerprint density at radius 3 is 2.12 bits per heavy atom. The average molecular weight is 445 g/mol. The van der Waals surface area contributed by atoms with E-state index in [2.05, 4.69) is 4.99 Å². The Kier molecular flexibility index (Phi) is 6.90. The summed E-state index contributed by atoms with van der Waals surface area (Å²) in [6.45, 7) is 0.643. The SMILES string of the molecule is COc1ccccc1OCCOc1ccc(/C=C2\N=C(c3ccccc3)OC2=O)cc1OC. The molecular weight excluding hydrogens is 422 g/mol. The normalized spacial score (nSPS) is 13.9. The van der Waals surface area contributed by atoms with Gasteiger partial charge in [0.25, 0.3) is 0 Å². The topological polar surface area (TPSA) is 75.6 Å². The minimum Gasteiger partial charge on any atom is -0.493 e. The van der Waals surface area contributed by atoms with Crippen LogP contribution in [0, 0.1) is 0 Å². The van der Waals surface area contributed by atoms with Crippen molar-refractivity contribution in [3.05, 3.63) is 89.6 Å². The van der Waals surface area contributed by atoms with Crippen molar-refractivity contribution in [2.75, 3.05) is 27.4 Å². The van der Waals surface area contributed by atoms with Gasteiger partial charge >= 0.3 is 5.97 Å². The first kappa shape index (κ1) is 22.0. The van der Waals surface area contributed by atoms with E-state index in [9.17, 15) is 4.79 Å². The number of nitrogens with zero attached hydrogens (tertiary/aromatic N) is 1. The summed E-state index contributed by atoms with van der Waals surface area (Å²) in [4.78, 5) is 16.6. The van der Waals surface area contributed by atoms with Crippen LogP contribution in [-0.4, -0.2) is 39.3 Å². The predicted molar refractivity (Wildman–Crippen MR) is 124 cm³/mol. The fraction of sp³-hybridized carbons (Fsp3) is 0.154. The number of esters is 1. The molecule has 0 unspecified atom stereocenters. The molecule has 3 aromatic rings. The molecule has 0 aromatic heterocycles. The van der Waals surface area contributed by atoms with Crippen molar-refractivity contribution in [2.24, 2.45) is 4.99 Å². The zero-order valence-electron chi connectivity index (χ0n) is 18.3. The third-order valence-corrected chi connectivity index (χ3v) is 4.80. The summed E-state index contributed by atoms with van der Waals surface area (Å²) < 4.78 is 27.6. The molecule has 0 N–H and O–H groups in total. The lowest BCUT2D eigenvalue weighted by Gasteiger charge is -2.13. The van der Waals surface area contributed by atoms with Gasteiger partial charge in [-0.05, 0) is 48.0 Å². The first-order chi connectivity index (χ1) is 16.2. The smallest absolute Gasteiger partial charge is 0.363 e. The minimum absolute atomic E-state index is 0.217. The summed E-state index contributed by atoms with van der Waals surface area (Å²) in [6.07, 6.45) is 1.65. The van der Waals surface area contributed by atoms with Gasteiger partial charge < -0.3 is 23.7 Å². The van der Waals surface area contributed by atoms with Crippen molar-refractivity contribution in [3.63, 3.8) is 0 Å². The Hall–Kier alpha value is -4.26. The molecule has 0 spiro atoms. The molecule has 3 aromatic carbocycles. The van der Waals surface area contributed by atoms with E-state index < -0.39 is 5.97 Å². The molecule has 0 saturated carbocycles. The Bertz CT molecular complexity index is 1190. The Morgan fingerprint density at radius 2 is 1.42 bits per heavy atom. The summed E-state index contributed by atoms with van der Waals surface area (Å²) in [5.74, 6) is 2.19. The first-order valence-corrected chi connectivity index (χ1v) is 10.3. The van der Waals surface area contributed by atoms with E-state index in [4.69, 9.17) is 23.7 Å². The molecule has 0 bridgehead atoms. The predicted octanol–water partition coefficient (Wildman–Crippen LogP) is 4.51. The highest BCUT2D eigenvalue weighted by molar-refractivity contribution is 6.12. The van der Waals surface area contributed by atoms with Crippen LogP contribution in [0.25, 0.3) is 6.08 Å². The fourth-order valence-corrected chi connectivity index (χ4v) is 3.21. The third-order valence-electron chi connectivity index (χ3n) is 4.80. The number of carbonyl (C=O) groups is 1. The molecule has 0 amide bonds. The van der Waals surface area contributed by atoms with Crippen LogP contribution in [0.15, 0.2) is 83.5 Å². The van der Waals surface area contributed by atoms with Gasteiger partial charge in [-0.1, -0.05) is 36.4 Å². The summed E-state index contributed by atoms with van der Waals surface area (Å²) in [7, 11) is 3.15. The lowest BCUT2D eigenvalue weighted by molar-refractivity contribution is -0.129. The van der Waals surface area contributed by atoms with Crippen LogP contribution < -0.4 is 18.9 Å². The van der Waals surface area contributed by atoms with Crippen molar-refractivity contribution in [1.82, 2.24) is 0 Å². The maximum atomic E-state index is 12.2. The molecule has 4 rings (SSSR count). The number of ether oxygens (including phenoxy) is 5. The molecular formula is C26H23NO6. The Labute approximate surface area is 191 Å². The number of rotatable bonds is 9. The van der Waals surface area contributed by atoms with E-state index in [0.29, 0.717) is 36.2 Å². The second-order valence-corrected chi connectivity index (χ2v) is 6.96. The highest BCUT2D eigenvalue weighted by atomic mass is 16.6. The molecule has 7 nitrogen and oxygen atoms in total. The van der Waals surface area contributed by atoms with E-state index in [-0.39, 0.29) is 11.6 Å². The minimum atomic E-state index is -0.498. The van der Waals surface area contributed by atoms with Gasteiger partial charge in [-0.2, -0.15) is 0 Å². The molecule has 7 heteroatoms. The molecule has 0 atom stereocenters. The van der Waals surface area contributed by atoms with Gasteiger partial charge in [0.1, 0.15) is 13.2 Å². The molecule has 0 fully saturated rings. The number of methoxy groups -OCH3 is 2. The van der Waals surface area contributed by atoms with Crippen LogP contribution >= 0.6 is 0 Å². The Morgan fingerprint density at radius 1 is 0.788 bits per heavy atom. The van der Waals surface area contributed by atoms with Gasteiger partial charge in [0.05, 0.1) is 14.2 Å². The zero-order valence-corrected chi connectivity index (χ0v) is 18.3. The summed E-state index contributed by atoms with van der Waals surface area (Å²) in [5.41, 5.74) is 1.69. The van der Waals surface area contributed by atoms with Crippen LogP contribution in [-0.2, 0) is 9.53 Å². The van der Waals surface area contributed by atoms with Gasteiger partial charge in [-0.3, -0.25) is 0 Å². The molecule has 1 aliphatic heterocycles. The van der Waals surface area contributed by atoms with Crippen molar-refractivity contribution in [1.29, 1.82) is 0 Å². The fourth-order valence-electron chi connectivity index (χ4n) is 3.21. The highest BCUT2D eigenvalue weighted by Gasteiger charge is 2.24. The van der Waals surface area contributed by atoms with Crippen LogP contribution in [0.4, 0.5) is 0 Å². The molecule has 1 aliphatic rings. The number of hydrogen-bond donors (Lipinski definition) is 0. The molecule has 168 valence electrons. The van der Waals surface area contributed by atoms with Gasteiger partial charge in [0.2, 0.25) is 5.90 Å². The van der Waals surface area contributed by atoms with E-state index in [1.165, 1.54) is 0 Å². The summed E-state index contributed by atoms with van der Waals surface area (Å²) in [5, 5.41) is 0. The highest BCUT2D eigenvalue weighted by Crippen LogP contribution is 2.30. The quantitative estimate of drug-likeness (QED) is 0.274. The van der Waals surface area contributed by atoms with E-state index >= 15 is 0 Å². The van der Waals surface area contributed by atoms with Gasteiger partial charge in [0.15, 0.2) is 28.7 Å². The van der Waals surface area contributed by atoms with Crippen molar-refractivity contribution in [3.8, 4) is 23.0 Å². The summed E-state index contributed by atoms with van der Waals surface area (Å²) in [6, 6.07) is 22.1. The molecule has 0 radical (unpaired) electrons. The monoisotopic (exact) mass is 445 g/mol. The number of cyclic esters (lactones) is 1. The molecule has 0 aliphatic carbocycles. The number of hydrogen-bond acceptors (Lipinski definition) is 7. The van der Waals surface area contributed by atoms with Crippen molar-refractivity contribution < 1.29 is 28.5 Å². The van der Waals surface area contributed by atoms with Crippen LogP contribution in [0.1, 0.15) is 11.1 Å². The second kappa shape index (κ2) is 10.4. The van der Waals surface area contributed by atoms with Gasteiger partial charge in [-0.15, -0.1) is 0 Å². The largest absolute Gasteiger partial charge is 0.493 e. The molecule has 1 heterocycles. The molecule has 0 saturated heterocycles. The second-order valence-electron chi connectivity index (χ2n) is 6.96. The number of para-hydroxylation sites is 2. The van der Waals surface area contributed by atoms with Crippen LogP contribution in [0.2, 0.25) is 0 Å². The van der Waals surface area contributed by atoms with Crippen LogP contribution in [0.3, 0.4) is 0 Å². The first-order valence-electron chi connectivity index (χ1n) is 10.3. The lowest BCUT2D eigenvalue weighted by atomic mass is 10.1. The number of benzene rings is 3. The number of aliphatic imine (C=N–C) groups is 1. The van der Waals surface area contributed by atoms with Crippen molar-refractivity contribution in [2.45, 2.75) is 0 Å². The van der Waals surface area contributed by atoms with E-state index in [1.807, 2.05) is 60.7 Å². The Balaban J connectivity index is 1.41. The maximum Gasteiger partial charge on any atom is 0.363 e. The third kappa shape index (κ3) is 5.33. The zero-order chi connectivity index (χ0) is 23.0. The molecule has 33 heavy (non-hydrogen) atoms. The summed E-state index contributed by atoms with van der Waals surface area (Å²) >= 11 is 0. The van der Waals surface area contributed by atoms with Crippen molar-refractivity contribution >= 4 is 17.9 Å². The average Bonchev–Trinajstić information content (AvgIpc) is 3.23. The van der Waals surface area contributed by atoms with Gasteiger partial charge in [-0.25, -0.2) is 9.79 Å². The lowest BCUT2D eigenvalue weighted by Crippen LogP contribution is -2.10. The number of carbonyl (C=O) groups excluding carboxylic acids is 1. The standard InChI is InChI=1S/C26H23NO6/c1-29-21-10-6-7-11-22(21)31-14-15-32-23-13-12-18(17-24(23)30-2)16-20-26(28)33-25(27-20)19-8-4-3-5-9-19/h3-13,16-17H,14-15H2,1-2H3/b20-16-. The van der Waals surface area contributed by atoms with Gasteiger partial charge in [0, 0.05) is 5.56 Å². The van der Waals surface area contributed by atoms with E-state index in [0.717, 1.165) is 11.1 Å². The maximum absolute atomic E-state index is 12.2. The van der Waals surface area contributed by atoms with E-state index in [1.54, 1.807) is 32.4 Å². The van der Waals surface area contributed by atoms with Crippen LogP contribution in [0.5, 0.6) is 23.0 Å².